The highest BCUT2D eigenvalue weighted by Crippen LogP contribution is 2.34. The van der Waals surface area contributed by atoms with Crippen molar-refractivity contribution in [2.45, 2.75) is 38.8 Å². The van der Waals surface area contributed by atoms with Crippen molar-refractivity contribution in [2.75, 3.05) is 11.9 Å². The normalized spacial score (nSPS) is 16.3. The Balaban J connectivity index is 1.73. The number of carboxylic acids is 1. The summed E-state index contributed by atoms with van der Waals surface area (Å²) in [4.78, 5) is 22.4. The zero-order chi connectivity index (χ0) is 19.1. The number of likely N-dealkylation sites (N-methyl/N-ethyl adjacent to an activating group) is 1. The lowest BCUT2D eigenvalue weighted by atomic mass is 9.99. The number of aromatic nitrogens is 3. The first kappa shape index (κ1) is 17.8. The number of carbonyl (C=O) groups is 1. The van der Waals surface area contributed by atoms with Gasteiger partial charge in [-0.3, -0.25) is 4.79 Å². The topological polar surface area (TPSA) is 71.2 Å². The first-order valence-electron chi connectivity index (χ1n) is 8.97. The second-order valence-corrected chi connectivity index (χ2v) is 7.57. The molecule has 1 aromatic carbocycles. The summed E-state index contributed by atoms with van der Waals surface area (Å²) >= 11 is 6.23. The van der Waals surface area contributed by atoms with Gasteiger partial charge in [-0.25, -0.2) is 9.97 Å². The van der Waals surface area contributed by atoms with Crippen molar-refractivity contribution in [3.63, 3.8) is 0 Å². The van der Waals surface area contributed by atoms with Crippen LogP contribution in [0.15, 0.2) is 30.6 Å². The maximum absolute atomic E-state index is 11.4. The van der Waals surface area contributed by atoms with E-state index in [1.807, 2.05) is 44.6 Å². The van der Waals surface area contributed by atoms with Crippen molar-refractivity contribution in [3.05, 3.63) is 52.4 Å². The standard InChI is InChI=1S/C20H21ClN4O2/c1-12-9-22-20(23-10-12)24(2)14-4-6-17-16(8-19(26)27)15-5-3-13(21)7-18(15)25(17)11-14/h3,5,7,9-10,14H,4,6,8,11H2,1-2H3,(H,26,27). The second-order valence-electron chi connectivity index (χ2n) is 7.13. The van der Waals surface area contributed by atoms with E-state index in [0.717, 1.165) is 47.1 Å². The Morgan fingerprint density at radius 2 is 2.11 bits per heavy atom. The molecule has 1 N–H and O–H groups in total. The molecule has 7 heteroatoms. The maximum Gasteiger partial charge on any atom is 0.307 e. The Morgan fingerprint density at radius 3 is 2.81 bits per heavy atom. The van der Waals surface area contributed by atoms with Gasteiger partial charge in [0.05, 0.1) is 11.9 Å². The molecule has 3 aromatic rings. The van der Waals surface area contributed by atoms with Crippen LogP contribution in [0, 0.1) is 6.92 Å². The summed E-state index contributed by atoms with van der Waals surface area (Å²) in [7, 11) is 2.01. The number of rotatable bonds is 4. The Labute approximate surface area is 162 Å². The van der Waals surface area contributed by atoms with Gasteiger partial charge in [0.25, 0.3) is 0 Å². The Kier molecular flexibility index (Phi) is 4.52. The summed E-state index contributed by atoms with van der Waals surface area (Å²) in [6.45, 7) is 2.72. The number of aliphatic carboxylic acids is 1. The van der Waals surface area contributed by atoms with Crippen LogP contribution >= 0.6 is 11.6 Å². The van der Waals surface area contributed by atoms with E-state index in [-0.39, 0.29) is 12.5 Å². The smallest absolute Gasteiger partial charge is 0.307 e. The highest BCUT2D eigenvalue weighted by Gasteiger charge is 2.28. The molecular formula is C20H21ClN4O2. The number of nitrogens with zero attached hydrogens (tertiary/aromatic N) is 4. The molecule has 0 saturated carbocycles. The Morgan fingerprint density at radius 1 is 1.37 bits per heavy atom. The molecule has 140 valence electrons. The predicted octanol–water partition coefficient (Wildman–Crippen LogP) is 3.47. The number of aryl methyl sites for hydroxylation is 1. The third-order valence-corrected chi connectivity index (χ3v) is 5.55. The number of fused-ring (bicyclic) bond motifs is 3. The zero-order valence-electron chi connectivity index (χ0n) is 15.3. The molecular weight excluding hydrogens is 364 g/mol. The lowest BCUT2D eigenvalue weighted by Gasteiger charge is -2.33. The van der Waals surface area contributed by atoms with Crippen LogP contribution < -0.4 is 4.90 Å². The van der Waals surface area contributed by atoms with E-state index in [2.05, 4.69) is 19.4 Å². The van der Waals surface area contributed by atoms with Gasteiger partial charge in [0.15, 0.2) is 0 Å². The molecule has 0 spiro atoms. The van der Waals surface area contributed by atoms with Gasteiger partial charge in [0.2, 0.25) is 5.95 Å². The molecule has 0 fully saturated rings. The molecule has 0 bridgehead atoms. The lowest BCUT2D eigenvalue weighted by molar-refractivity contribution is -0.136. The van der Waals surface area contributed by atoms with E-state index >= 15 is 0 Å². The quantitative estimate of drug-likeness (QED) is 0.745. The predicted molar refractivity (Wildman–Crippen MR) is 106 cm³/mol. The van der Waals surface area contributed by atoms with Gasteiger partial charge in [-0.05, 0) is 43.0 Å². The van der Waals surface area contributed by atoms with Crippen LogP contribution in [0.5, 0.6) is 0 Å². The highest BCUT2D eigenvalue weighted by molar-refractivity contribution is 6.31. The van der Waals surface area contributed by atoms with Gasteiger partial charge in [-0.1, -0.05) is 17.7 Å². The molecule has 1 atom stereocenters. The molecule has 6 nitrogen and oxygen atoms in total. The molecule has 4 rings (SSSR count). The maximum atomic E-state index is 11.4. The van der Waals surface area contributed by atoms with Crippen LogP contribution in [0.3, 0.4) is 0 Å². The van der Waals surface area contributed by atoms with E-state index in [1.165, 1.54) is 0 Å². The van der Waals surface area contributed by atoms with Gasteiger partial charge < -0.3 is 14.6 Å². The molecule has 2 aromatic heterocycles. The van der Waals surface area contributed by atoms with Crippen LogP contribution in [-0.4, -0.2) is 38.7 Å². The zero-order valence-corrected chi connectivity index (χ0v) is 16.1. The van der Waals surface area contributed by atoms with E-state index in [1.54, 1.807) is 0 Å². The minimum Gasteiger partial charge on any atom is -0.481 e. The van der Waals surface area contributed by atoms with Gasteiger partial charge in [0, 0.05) is 48.1 Å². The van der Waals surface area contributed by atoms with Crippen molar-refractivity contribution in [2.24, 2.45) is 0 Å². The summed E-state index contributed by atoms with van der Waals surface area (Å²) in [5.74, 6) is -0.109. The van der Waals surface area contributed by atoms with Crippen molar-refractivity contribution in [3.8, 4) is 0 Å². The van der Waals surface area contributed by atoms with Crippen LogP contribution in [-0.2, 0) is 24.2 Å². The van der Waals surface area contributed by atoms with E-state index in [0.29, 0.717) is 11.0 Å². The number of anilines is 1. The molecule has 1 unspecified atom stereocenters. The fraction of sp³-hybridized carbons (Fsp3) is 0.350. The molecule has 1 aliphatic rings. The molecule has 0 saturated heterocycles. The Hall–Kier alpha value is -2.60. The van der Waals surface area contributed by atoms with E-state index in [9.17, 15) is 9.90 Å². The number of hydrogen-bond acceptors (Lipinski definition) is 4. The van der Waals surface area contributed by atoms with Crippen molar-refractivity contribution in [1.29, 1.82) is 0 Å². The number of benzene rings is 1. The molecule has 0 radical (unpaired) electrons. The van der Waals surface area contributed by atoms with E-state index in [4.69, 9.17) is 11.6 Å². The van der Waals surface area contributed by atoms with Crippen LogP contribution in [0.4, 0.5) is 5.95 Å². The summed E-state index contributed by atoms with van der Waals surface area (Å²) in [6.07, 6.45) is 5.41. The fourth-order valence-corrected chi connectivity index (χ4v) is 4.11. The first-order valence-corrected chi connectivity index (χ1v) is 9.34. The molecule has 0 aliphatic carbocycles. The molecule has 0 amide bonds. The van der Waals surface area contributed by atoms with Crippen LogP contribution in [0.25, 0.3) is 10.9 Å². The molecule has 3 heterocycles. The average molecular weight is 385 g/mol. The van der Waals surface area contributed by atoms with Gasteiger partial charge >= 0.3 is 5.97 Å². The third-order valence-electron chi connectivity index (χ3n) is 5.32. The van der Waals surface area contributed by atoms with Gasteiger partial charge in [-0.15, -0.1) is 0 Å². The summed E-state index contributed by atoms with van der Waals surface area (Å²) in [5, 5.41) is 11.0. The largest absolute Gasteiger partial charge is 0.481 e. The second kappa shape index (κ2) is 6.85. The first-order chi connectivity index (χ1) is 12.9. The number of hydrogen-bond donors (Lipinski definition) is 1. The minimum atomic E-state index is -0.812. The Bertz CT molecular complexity index is 1010. The van der Waals surface area contributed by atoms with Crippen molar-refractivity contribution >= 4 is 34.4 Å². The monoisotopic (exact) mass is 384 g/mol. The van der Waals surface area contributed by atoms with Crippen molar-refractivity contribution in [1.82, 2.24) is 14.5 Å². The molecule has 27 heavy (non-hydrogen) atoms. The average Bonchev–Trinajstić information content (AvgIpc) is 2.94. The minimum absolute atomic E-state index is 0.0298. The number of halogens is 1. The SMILES string of the molecule is Cc1cnc(N(C)C2CCc3c(CC(=O)O)c4ccc(Cl)cc4n3C2)nc1. The highest BCUT2D eigenvalue weighted by atomic mass is 35.5. The lowest BCUT2D eigenvalue weighted by Crippen LogP contribution is -2.40. The fourth-order valence-electron chi connectivity index (χ4n) is 3.94. The number of carboxylic acid groups (broad SMARTS) is 1. The van der Waals surface area contributed by atoms with Crippen molar-refractivity contribution < 1.29 is 9.90 Å². The third kappa shape index (κ3) is 3.25. The summed E-state index contributed by atoms with van der Waals surface area (Å²) in [6, 6.07) is 5.91. The van der Waals surface area contributed by atoms with Gasteiger partial charge in [-0.2, -0.15) is 0 Å². The summed E-state index contributed by atoms with van der Waals surface area (Å²) < 4.78 is 2.22. The van der Waals surface area contributed by atoms with E-state index < -0.39 is 5.97 Å². The molecule has 1 aliphatic heterocycles. The summed E-state index contributed by atoms with van der Waals surface area (Å²) in [5.41, 5.74) is 4.03. The van der Waals surface area contributed by atoms with Crippen LogP contribution in [0.2, 0.25) is 5.02 Å². The van der Waals surface area contributed by atoms with Gasteiger partial charge in [0.1, 0.15) is 0 Å². The van der Waals surface area contributed by atoms with Crippen LogP contribution in [0.1, 0.15) is 23.2 Å².